The Morgan fingerprint density at radius 2 is 2.17 bits per heavy atom. The highest BCUT2D eigenvalue weighted by Gasteiger charge is 1.98. The number of rotatable bonds is 3. The Balaban J connectivity index is 2.69. The Bertz CT molecular complexity index is 265. The molecule has 0 radical (unpaired) electrons. The van der Waals surface area contributed by atoms with Crippen molar-refractivity contribution in [1.82, 2.24) is 0 Å². The number of anilines is 1. The minimum absolute atomic E-state index is 0.248. The van der Waals surface area contributed by atoms with Crippen molar-refractivity contribution >= 4 is 21.6 Å². The third-order valence-electron chi connectivity index (χ3n) is 1.34. The van der Waals surface area contributed by atoms with Crippen LogP contribution in [-0.4, -0.2) is 13.2 Å². The van der Waals surface area contributed by atoms with Gasteiger partial charge >= 0.3 is 0 Å². The van der Waals surface area contributed by atoms with Gasteiger partial charge in [0.05, 0.1) is 4.47 Å². The summed E-state index contributed by atoms with van der Waals surface area (Å²) in [5, 5.41) is 2.79. The van der Waals surface area contributed by atoms with Gasteiger partial charge in [0, 0.05) is 12.2 Å². The van der Waals surface area contributed by atoms with E-state index in [0.717, 1.165) is 0 Å². The Kier molecular flexibility index (Phi) is 3.47. The Morgan fingerprint density at radius 3 is 2.75 bits per heavy atom. The molecule has 0 aromatic heterocycles. The zero-order valence-electron chi connectivity index (χ0n) is 6.28. The van der Waals surface area contributed by atoms with Gasteiger partial charge in [0.1, 0.15) is 12.5 Å². The van der Waals surface area contributed by atoms with Gasteiger partial charge in [0.15, 0.2) is 0 Å². The molecule has 1 N–H and O–H groups in total. The van der Waals surface area contributed by atoms with Gasteiger partial charge in [-0.2, -0.15) is 0 Å². The van der Waals surface area contributed by atoms with Crippen molar-refractivity contribution in [1.29, 1.82) is 0 Å². The molecule has 0 bridgehead atoms. The van der Waals surface area contributed by atoms with Crippen molar-refractivity contribution in [3.05, 3.63) is 28.5 Å². The fraction of sp³-hybridized carbons (Fsp3) is 0.250. The molecule has 12 heavy (non-hydrogen) atoms. The summed E-state index contributed by atoms with van der Waals surface area (Å²) in [6, 6.07) is 4.46. The summed E-state index contributed by atoms with van der Waals surface area (Å²) in [7, 11) is 0. The Labute approximate surface area is 77.9 Å². The quantitative estimate of drug-likeness (QED) is 0.850. The van der Waals surface area contributed by atoms with Gasteiger partial charge in [-0.25, -0.2) is 8.78 Å². The SMILES string of the molecule is FCCNc1ccc(F)c(Br)c1. The van der Waals surface area contributed by atoms with E-state index in [1.54, 1.807) is 12.1 Å². The van der Waals surface area contributed by atoms with E-state index in [2.05, 4.69) is 21.2 Å². The molecule has 1 aromatic carbocycles. The van der Waals surface area contributed by atoms with Crippen LogP contribution in [0.5, 0.6) is 0 Å². The van der Waals surface area contributed by atoms with E-state index in [9.17, 15) is 8.78 Å². The summed E-state index contributed by atoms with van der Waals surface area (Å²) in [5.74, 6) is -0.319. The summed E-state index contributed by atoms with van der Waals surface area (Å²) < 4.78 is 24.8. The molecule has 0 saturated carbocycles. The maximum atomic E-state index is 12.7. The summed E-state index contributed by atoms with van der Waals surface area (Å²) in [6.07, 6.45) is 0. The van der Waals surface area contributed by atoms with E-state index in [1.807, 2.05) is 0 Å². The molecule has 1 nitrogen and oxygen atoms in total. The first-order valence-electron chi connectivity index (χ1n) is 3.49. The number of nitrogens with one attached hydrogen (secondary N) is 1. The van der Waals surface area contributed by atoms with Crippen molar-refractivity contribution in [3.8, 4) is 0 Å². The Hall–Kier alpha value is -0.640. The number of halogens is 3. The lowest BCUT2D eigenvalue weighted by atomic mass is 10.3. The molecule has 66 valence electrons. The third kappa shape index (κ3) is 2.44. The predicted octanol–water partition coefficient (Wildman–Crippen LogP) is 2.97. The second-order valence-electron chi connectivity index (χ2n) is 2.24. The lowest BCUT2D eigenvalue weighted by Crippen LogP contribution is -2.02. The highest BCUT2D eigenvalue weighted by atomic mass is 79.9. The zero-order chi connectivity index (χ0) is 8.97. The van der Waals surface area contributed by atoms with Crippen molar-refractivity contribution in [2.24, 2.45) is 0 Å². The average molecular weight is 236 g/mol. The normalized spacial score (nSPS) is 9.92. The fourth-order valence-corrected chi connectivity index (χ4v) is 1.18. The topological polar surface area (TPSA) is 12.0 Å². The maximum absolute atomic E-state index is 12.7. The lowest BCUT2D eigenvalue weighted by Gasteiger charge is -2.03. The minimum atomic E-state index is -0.436. The van der Waals surface area contributed by atoms with Gasteiger partial charge in [-0.05, 0) is 34.1 Å². The molecule has 0 amide bonds. The molecule has 0 aliphatic heterocycles. The first-order valence-corrected chi connectivity index (χ1v) is 4.28. The van der Waals surface area contributed by atoms with Crippen LogP contribution < -0.4 is 5.32 Å². The summed E-state index contributed by atoms with van der Waals surface area (Å²) in [5.41, 5.74) is 0.709. The number of hydrogen-bond acceptors (Lipinski definition) is 1. The van der Waals surface area contributed by atoms with Gasteiger partial charge in [-0.15, -0.1) is 0 Å². The smallest absolute Gasteiger partial charge is 0.137 e. The van der Waals surface area contributed by atoms with Crippen LogP contribution in [0.25, 0.3) is 0 Å². The highest BCUT2D eigenvalue weighted by molar-refractivity contribution is 9.10. The van der Waals surface area contributed by atoms with Crippen molar-refractivity contribution in [2.45, 2.75) is 0 Å². The van der Waals surface area contributed by atoms with E-state index >= 15 is 0 Å². The third-order valence-corrected chi connectivity index (χ3v) is 1.95. The largest absolute Gasteiger partial charge is 0.382 e. The molecule has 0 aliphatic rings. The monoisotopic (exact) mass is 235 g/mol. The molecule has 0 aliphatic carbocycles. The molecule has 0 heterocycles. The number of hydrogen-bond donors (Lipinski definition) is 1. The van der Waals surface area contributed by atoms with Crippen molar-refractivity contribution < 1.29 is 8.78 Å². The van der Waals surface area contributed by atoms with Crippen LogP contribution >= 0.6 is 15.9 Å². The minimum Gasteiger partial charge on any atom is -0.382 e. The summed E-state index contributed by atoms with van der Waals surface area (Å²) in [6.45, 7) is -0.187. The Morgan fingerprint density at radius 1 is 1.42 bits per heavy atom. The van der Waals surface area contributed by atoms with E-state index < -0.39 is 6.67 Å². The molecule has 1 rings (SSSR count). The van der Waals surface area contributed by atoms with Gasteiger partial charge in [0.2, 0.25) is 0 Å². The standard InChI is InChI=1S/C8H8BrF2N/c9-7-5-6(12-4-3-10)1-2-8(7)11/h1-2,5,12H,3-4H2. The van der Waals surface area contributed by atoms with Crippen molar-refractivity contribution in [2.75, 3.05) is 18.5 Å². The molecule has 0 atom stereocenters. The molecule has 0 fully saturated rings. The van der Waals surface area contributed by atoms with Gasteiger partial charge in [-0.1, -0.05) is 0 Å². The van der Waals surface area contributed by atoms with Crippen LogP contribution in [0.1, 0.15) is 0 Å². The van der Waals surface area contributed by atoms with Crippen LogP contribution in [0.2, 0.25) is 0 Å². The van der Waals surface area contributed by atoms with Crippen LogP contribution in [0.4, 0.5) is 14.5 Å². The van der Waals surface area contributed by atoms with Crippen molar-refractivity contribution in [3.63, 3.8) is 0 Å². The van der Waals surface area contributed by atoms with Gasteiger partial charge < -0.3 is 5.32 Å². The second kappa shape index (κ2) is 4.40. The van der Waals surface area contributed by atoms with E-state index in [0.29, 0.717) is 10.2 Å². The van der Waals surface area contributed by atoms with Crippen LogP contribution in [-0.2, 0) is 0 Å². The van der Waals surface area contributed by atoms with Gasteiger partial charge in [0.25, 0.3) is 0 Å². The predicted molar refractivity (Wildman–Crippen MR) is 48.6 cm³/mol. The summed E-state index contributed by atoms with van der Waals surface area (Å²) >= 11 is 3.03. The number of alkyl halides is 1. The second-order valence-corrected chi connectivity index (χ2v) is 3.10. The highest BCUT2D eigenvalue weighted by Crippen LogP contribution is 2.19. The van der Waals surface area contributed by atoms with Gasteiger partial charge in [-0.3, -0.25) is 0 Å². The molecular formula is C8H8BrF2N. The fourth-order valence-electron chi connectivity index (χ4n) is 0.798. The van der Waals surface area contributed by atoms with E-state index in [4.69, 9.17) is 0 Å². The lowest BCUT2D eigenvalue weighted by molar-refractivity contribution is 0.512. The first kappa shape index (κ1) is 9.45. The van der Waals surface area contributed by atoms with E-state index in [1.165, 1.54) is 6.07 Å². The summed E-state index contributed by atoms with van der Waals surface area (Å²) in [4.78, 5) is 0. The molecule has 0 spiro atoms. The van der Waals surface area contributed by atoms with Crippen LogP contribution in [0.15, 0.2) is 22.7 Å². The van der Waals surface area contributed by atoms with Crippen LogP contribution in [0, 0.1) is 5.82 Å². The zero-order valence-corrected chi connectivity index (χ0v) is 7.87. The molecule has 1 aromatic rings. The number of benzene rings is 1. The molecule has 0 saturated heterocycles. The maximum Gasteiger partial charge on any atom is 0.137 e. The van der Waals surface area contributed by atoms with E-state index in [-0.39, 0.29) is 12.4 Å². The first-order chi connectivity index (χ1) is 5.74. The molecular weight excluding hydrogens is 228 g/mol. The molecule has 4 heteroatoms. The molecule has 0 unspecified atom stereocenters. The average Bonchev–Trinajstić information content (AvgIpc) is 2.07. The van der Waals surface area contributed by atoms with Crippen LogP contribution in [0.3, 0.4) is 0 Å².